The van der Waals surface area contributed by atoms with E-state index >= 15 is 0 Å². The first-order chi connectivity index (χ1) is 27.8. The van der Waals surface area contributed by atoms with Gasteiger partial charge in [-0.15, -0.1) is 0 Å². The zero-order valence-electron chi connectivity index (χ0n) is 30.0. The van der Waals surface area contributed by atoms with Gasteiger partial charge in [0, 0.05) is 38.2 Å². The molecule has 12 rings (SSSR count). The summed E-state index contributed by atoms with van der Waals surface area (Å²) in [6, 6.07) is 63.9. The minimum absolute atomic E-state index is 0.577. The number of aromatic nitrogens is 4. The molecule has 260 valence electrons. The second kappa shape index (κ2) is 11.9. The van der Waals surface area contributed by atoms with Crippen molar-refractivity contribution in [1.29, 1.82) is 0 Å². The maximum Gasteiger partial charge on any atom is 0.166 e. The third-order valence-corrected chi connectivity index (χ3v) is 11.2. The molecule has 0 fully saturated rings. The lowest BCUT2D eigenvalue weighted by Gasteiger charge is -2.15. The average Bonchev–Trinajstić information content (AvgIpc) is 3.81. The summed E-state index contributed by atoms with van der Waals surface area (Å²) in [5.41, 5.74) is 7.58. The van der Waals surface area contributed by atoms with Gasteiger partial charge in [-0.1, -0.05) is 133 Å². The summed E-state index contributed by atoms with van der Waals surface area (Å²) >= 11 is 0. The van der Waals surface area contributed by atoms with Crippen LogP contribution in [0.2, 0.25) is 0 Å². The van der Waals surface area contributed by atoms with Gasteiger partial charge in [0.25, 0.3) is 0 Å². The lowest BCUT2D eigenvalue weighted by atomic mass is 9.93. The molecule has 0 radical (unpaired) electrons. The van der Waals surface area contributed by atoms with E-state index in [0.29, 0.717) is 17.5 Å². The summed E-state index contributed by atoms with van der Waals surface area (Å²) in [7, 11) is 0. The van der Waals surface area contributed by atoms with Crippen LogP contribution in [0.5, 0.6) is 0 Å². The Hall–Kier alpha value is -7.63. The normalized spacial score (nSPS) is 11.9. The van der Waals surface area contributed by atoms with Crippen molar-refractivity contribution in [3.63, 3.8) is 0 Å². The SMILES string of the molecule is c1ccc(-n2c3ccccc3c3ccccc32)c(-c2nc(-c3ccc4c(c3)oc3ccccc34)nc(-c3ccc4c5ccccc5c5ccccc5c4c3)n2)c1. The van der Waals surface area contributed by atoms with Gasteiger partial charge in [0.05, 0.1) is 16.7 Å². The van der Waals surface area contributed by atoms with E-state index < -0.39 is 0 Å². The fourth-order valence-corrected chi connectivity index (χ4v) is 8.71. The minimum Gasteiger partial charge on any atom is -0.456 e. The first kappa shape index (κ1) is 30.8. The minimum atomic E-state index is 0.577. The number of furan rings is 1. The van der Waals surface area contributed by atoms with Crippen molar-refractivity contribution in [1.82, 2.24) is 19.5 Å². The lowest BCUT2D eigenvalue weighted by molar-refractivity contribution is 0.669. The molecule has 0 amide bonds. The van der Waals surface area contributed by atoms with Gasteiger partial charge in [0.2, 0.25) is 0 Å². The Labute approximate surface area is 320 Å². The lowest BCUT2D eigenvalue weighted by Crippen LogP contribution is -2.03. The molecule has 56 heavy (non-hydrogen) atoms. The summed E-state index contributed by atoms with van der Waals surface area (Å²) in [6.07, 6.45) is 0. The molecule has 12 aromatic rings. The molecule has 5 heteroatoms. The molecule has 3 aromatic heterocycles. The van der Waals surface area contributed by atoms with E-state index in [1.165, 1.54) is 37.7 Å². The highest BCUT2D eigenvalue weighted by atomic mass is 16.3. The largest absolute Gasteiger partial charge is 0.456 e. The van der Waals surface area contributed by atoms with Crippen LogP contribution in [-0.2, 0) is 0 Å². The maximum atomic E-state index is 6.34. The zero-order chi connectivity index (χ0) is 36.7. The van der Waals surface area contributed by atoms with Gasteiger partial charge in [-0.3, -0.25) is 0 Å². The molecule has 3 heterocycles. The second-order valence-corrected chi connectivity index (χ2v) is 14.4. The highest BCUT2D eigenvalue weighted by Gasteiger charge is 2.20. The van der Waals surface area contributed by atoms with Gasteiger partial charge in [-0.25, -0.2) is 15.0 Å². The molecular formula is C51H30N4O. The summed E-state index contributed by atoms with van der Waals surface area (Å²) < 4.78 is 8.67. The van der Waals surface area contributed by atoms with Crippen LogP contribution in [0.15, 0.2) is 186 Å². The molecular weight excluding hydrogens is 685 g/mol. The molecule has 0 bridgehead atoms. The number of fused-ring (bicyclic) bond motifs is 12. The van der Waals surface area contributed by atoms with Crippen LogP contribution in [0.4, 0.5) is 0 Å². The molecule has 0 aliphatic rings. The smallest absolute Gasteiger partial charge is 0.166 e. The van der Waals surface area contributed by atoms with Crippen LogP contribution in [0.25, 0.3) is 116 Å². The third-order valence-electron chi connectivity index (χ3n) is 11.2. The quantitative estimate of drug-likeness (QED) is 0.170. The van der Waals surface area contributed by atoms with E-state index in [4.69, 9.17) is 19.4 Å². The molecule has 0 atom stereocenters. The monoisotopic (exact) mass is 714 g/mol. The predicted molar refractivity (Wildman–Crippen MR) is 230 cm³/mol. The molecule has 0 saturated heterocycles. The molecule has 9 aromatic carbocycles. The van der Waals surface area contributed by atoms with Crippen molar-refractivity contribution in [3.8, 4) is 39.9 Å². The number of rotatable bonds is 4. The van der Waals surface area contributed by atoms with Crippen molar-refractivity contribution in [2.75, 3.05) is 0 Å². The standard InChI is InChI=1S/C51H30N4O/c1-2-15-35-33(13-1)34-14-3-4-16-36(34)43-29-31(25-27-37(35)43)49-52-50(32-26-28-41-40-19-8-12-24-47(40)56-48(41)30-32)54-51(53-49)42-20-7-11-23-46(42)55-44-21-9-5-17-38(44)39-18-6-10-22-45(39)55/h1-30H. The third kappa shape index (κ3) is 4.58. The van der Waals surface area contributed by atoms with Gasteiger partial charge >= 0.3 is 0 Å². The Kier molecular flexibility index (Phi) is 6.56. The van der Waals surface area contributed by atoms with Crippen molar-refractivity contribution < 1.29 is 4.42 Å². The van der Waals surface area contributed by atoms with E-state index in [1.807, 2.05) is 18.2 Å². The van der Waals surface area contributed by atoms with Crippen LogP contribution in [0.1, 0.15) is 0 Å². The molecule has 0 saturated carbocycles. The second-order valence-electron chi connectivity index (χ2n) is 14.4. The van der Waals surface area contributed by atoms with Crippen LogP contribution in [0, 0.1) is 0 Å². The first-order valence-corrected chi connectivity index (χ1v) is 18.9. The Balaban J connectivity index is 1.13. The maximum absolute atomic E-state index is 6.34. The highest BCUT2D eigenvalue weighted by Crippen LogP contribution is 2.39. The fraction of sp³-hybridized carbons (Fsp3) is 0. The van der Waals surface area contributed by atoms with Crippen molar-refractivity contribution >= 4 is 76.1 Å². The summed E-state index contributed by atoms with van der Waals surface area (Å²) in [5, 5.41) is 11.8. The van der Waals surface area contributed by atoms with Crippen LogP contribution in [0.3, 0.4) is 0 Å². The molecule has 0 unspecified atom stereocenters. The number of para-hydroxylation sites is 4. The Morgan fingerprint density at radius 2 is 0.768 bits per heavy atom. The molecule has 5 nitrogen and oxygen atoms in total. The van der Waals surface area contributed by atoms with Crippen molar-refractivity contribution in [2.24, 2.45) is 0 Å². The first-order valence-electron chi connectivity index (χ1n) is 18.9. The Morgan fingerprint density at radius 3 is 1.43 bits per heavy atom. The van der Waals surface area contributed by atoms with Crippen molar-refractivity contribution in [2.45, 2.75) is 0 Å². The highest BCUT2D eigenvalue weighted by molar-refractivity contribution is 6.25. The van der Waals surface area contributed by atoms with E-state index in [9.17, 15) is 0 Å². The number of hydrogen-bond donors (Lipinski definition) is 0. The van der Waals surface area contributed by atoms with Gasteiger partial charge in [-0.2, -0.15) is 0 Å². The Morgan fingerprint density at radius 1 is 0.321 bits per heavy atom. The average molecular weight is 715 g/mol. The topological polar surface area (TPSA) is 56.7 Å². The van der Waals surface area contributed by atoms with E-state index in [0.717, 1.165) is 60.7 Å². The number of hydrogen-bond acceptors (Lipinski definition) is 4. The van der Waals surface area contributed by atoms with Gasteiger partial charge in [0.15, 0.2) is 17.5 Å². The van der Waals surface area contributed by atoms with Gasteiger partial charge < -0.3 is 8.98 Å². The molecule has 0 spiro atoms. The van der Waals surface area contributed by atoms with E-state index in [1.54, 1.807) is 0 Å². The Bertz CT molecular complexity index is 3470. The van der Waals surface area contributed by atoms with E-state index in [2.05, 4.69) is 168 Å². The van der Waals surface area contributed by atoms with Gasteiger partial charge in [0.1, 0.15) is 11.2 Å². The van der Waals surface area contributed by atoms with Crippen molar-refractivity contribution in [3.05, 3.63) is 182 Å². The molecule has 0 N–H and O–H groups in total. The van der Waals surface area contributed by atoms with Crippen LogP contribution in [-0.4, -0.2) is 19.5 Å². The predicted octanol–water partition coefficient (Wildman–Crippen LogP) is 13.3. The van der Waals surface area contributed by atoms with Gasteiger partial charge in [-0.05, 0) is 80.8 Å². The van der Waals surface area contributed by atoms with Crippen LogP contribution < -0.4 is 0 Å². The number of nitrogens with zero attached hydrogens (tertiary/aromatic N) is 4. The summed E-state index contributed by atoms with van der Waals surface area (Å²) in [6.45, 7) is 0. The number of benzene rings is 9. The molecule has 0 aliphatic carbocycles. The van der Waals surface area contributed by atoms with E-state index in [-0.39, 0.29) is 0 Å². The summed E-state index contributed by atoms with van der Waals surface area (Å²) in [4.78, 5) is 15.8. The van der Waals surface area contributed by atoms with Crippen LogP contribution >= 0.6 is 0 Å². The fourth-order valence-electron chi connectivity index (χ4n) is 8.71. The molecule has 0 aliphatic heterocycles. The zero-order valence-corrected chi connectivity index (χ0v) is 30.0. The summed E-state index contributed by atoms with van der Waals surface area (Å²) in [5.74, 6) is 1.77.